The van der Waals surface area contributed by atoms with E-state index in [0.717, 1.165) is 5.57 Å². The van der Waals surface area contributed by atoms with Crippen molar-refractivity contribution >= 4 is 5.97 Å². The van der Waals surface area contributed by atoms with Crippen LogP contribution in [0.2, 0.25) is 0 Å². The minimum Gasteiger partial charge on any atom is -0.488 e. The Morgan fingerprint density at radius 3 is 2.28 bits per heavy atom. The van der Waals surface area contributed by atoms with Gasteiger partial charge in [-0.2, -0.15) is 0 Å². The van der Waals surface area contributed by atoms with Crippen molar-refractivity contribution in [2.45, 2.75) is 179 Å². The van der Waals surface area contributed by atoms with Crippen molar-refractivity contribution in [2.24, 2.45) is 17.8 Å². The van der Waals surface area contributed by atoms with Gasteiger partial charge in [0.1, 0.15) is 41.4 Å². The van der Waals surface area contributed by atoms with Crippen LogP contribution in [0.25, 0.3) is 0 Å². The molecule has 0 aromatic carbocycles. The van der Waals surface area contributed by atoms with Crippen LogP contribution in [-0.2, 0) is 38.0 Å². The average Bonchev–Trinajstić information content (AvgIpc) is 3.36. The number of carbonyl (C=O) groups excluding carboxylic acids is 1. The summed E-state index contributed by atoms with van der Waals surface area (Å²) < 4.78 is 44.8. The monoisotopic (exact) mass is 715 g/mol. The molecule has 3 fully saturated rings. The molecule has 0 amide bonds. The third-order valence-corrected chi connectivity index (χ3v) is 11.9. The van der Waals surface area contributed by atoms with Crippen molar-refractivity contribution in [1.82, 2.24) is 4.90 Å². The standard InChI is InChI=1S/C37H65NO12/c1-14-25(39)37(10,43)32-20(4)28-18(2)16-36(9,50-28)31(49-34-27(40)24(38(11)12)15-19(3)45-34)21(5)29(22(6)33(42)48-32)47-26-17-35(8,44-13)30(41)23(7)46-26/h19-27,29-32,34,39-41,43H,14-17H2,1-13H3/t19?,20-,21-,22+,23?,24?,25+,26-,27?,29-,30-,31+,32+,34-,35?,36?,37+/m0/s1. The van der Waals surface area contributed by atoms with Crippen LogP contribution < -0.4 is 0 Å². The molecule has 4 N–H and O–H groups in total. The number of cyclic esters (lactones) is 1. The van der Waals surface area contributed by atoms with Crippen LogP contribution in [0, 0.1) is 17.8 Å². The van der Waals surface area contributed by atoms with Gasteiger partial charge >= 0.3 is 5.97 Å². The van der Waals surface area contributed by atoms with E-state index >= 15 is 0 Å². The Labute approximate surface area is 298 Å². The van der Waals surface area contributed by atoms with Gasteiger partial charge in [-0.15, -0.1) is 0 Å². The van der Waals surface area contributed by atoms with Gasteiger partial charge in [0.2, 0.25) is 0 Å². The van der Waals surface area contributed by atoms with Gasteiger partial charge in [0.05, 0.1) is 41.9 Å². The predicted octanol–water partition coefficient (Wildman–Crippen LogP) is 2.89. The maximum absolute atomic E-state index is 14.3. The highest BCUT2D eigenvalue weighted by Gasteiger charge is 2.57. The maximum atomic E-state index is 14.3. The molecule has 0 aromatic rings. The molecule has 50 heavy (non-hydrogen) atoms. The van der Waals surface area contributed by atoms with Gasteiger partial charge in [-0.05, 0) is 81.0 Å². The fourth-order valence-electron chi connectivity index (χ4n) is 8.73. The van der Waals surface area contributed by atoms with E-state index in [1.165, 1.54) is 14.0 Å². The quantitative estimate of drug-likeness (QED) is 0.258. The van der Waals surface area contributed by atoms with Crippen LogP contribution in [-0.4, -0.2) is 137 Å². The SMILES string of the molecule is CC[C@@H](O)[C@@](C)(O)[C@@H]1OC(=O)[C@H](C)[C@@H](O[C@H]2CC(C)(OC)[C@@H](O)C(C)O2)[C@H](C)[C@@H](O[C@@H]2OC(C)CC(N(C)C)C2O)C2(C)CC(C)=C(O2)[C@@H]1C. The molecular formula is C37H65NO12. The van der Waals surface area contributed by atoms with E-state index < -0.39 is 95.8 Å². The summed E-state index contributed by atoms with van der Waals surface area (Å²) >= 11 is 0. The molecule has 0 spiro atoms. The lowest BCUT2D eigenvalue weighted by Crippen LogP contribution is -2.60. The van der Waals surface area contributed by atoms with Crippen molar-refractivity contribution in [3.63, 3.8) is 0 Å². The molecule has 0 radical (unpaired) electrons. The van der Waals surface area contributed by atoms with E-state index in [9.17, 15) is 25.2 Å². The molecule has 4 heterocycles. The molecule has 6 unspecified atom stereocenters. The number of fused-ring (bicyclic) bond motifs is 2. The number of methoxy groups -OCH3 is 1. The van der Waals surface area contributed by atoms with Crippen molar-refractivity contribution in [3.05, 3.63) is 11.3 Å². The van der Waals surface area contributed by atoms with Crippen molar-refractivity contribution in [3.8, 4) is 0 Å². The van der Waals surface area contributed by atoms with Crippen LogP contribution in [0.1, 0.15) is 94.9 Å². The first-order chi connectivity index (χ1) is 23.1. The fourth-order valence-corrected chi connectivity index (χ4v) is 8.73. The fraction of sp³-hybridized carbons (Fsp3) is 0.919. The third kappa shape index (κ3) is 7.93. The molecule has 0 aromatic heterocycles. The second-order valence-electron chi connectivity index (χ2n) is 16.3. The zero-order valence-electron chi connectivity index (χ0n) is 32.4. The summed E-state index contributed by atoms with van der Waals surface area (Å²) in [4.78, 5) is 16.2. The Kier molecular flexibility index (Phi) is 12.8. The number of rotatable bonds is 9. The van der Waals surface area contributed by atoms with Crippen molar-refractivity contribution in [2.75, 3.05) is 21.2 Å². The lowest BCUT2D eigenvalue weighted by molar-refractivity contribution is -0.316. The van der Waals surface area contributed by atoms with E-state index in [4.69, 9.17) is 33.2 Å². The molecule has 17 atom stereocenters. The van der Waals surface area contributed by atoms with Gasteiger partial charge in [0.15, 0.2) is 12.6 Å². The van der Waals surface area contributed by atoms with Crippen LogP contribution in [0.5, 0.6) is 0 Å². The largest absolute Gasteiger partial charge is 0.488 e. The maximum Gasteiger partial charge on any atom is 0.311 e. The van der Waals surface area contributed by atoms with Gasteiger partial charge in [-0.3, -0.25) is 4.79 Å². The molecule has 13 nitrogen and oxygen atoms in total. The number of ether oxygens (including phenoxy) is 7. The minimum atomic E-state index is -1.82. The number of esters is 1. The molecule has 0 aliphatic carbocycles. The van der Waals surface area contributed by atoms with E-state index in [1.54, 1.807) is 27.7 Å². The van der Waals surface area contributed by atoms with Gasteiger partial charge in [0, 0.05) is 31.9 Å². The third-order valence-electron chi connectivity index (χ3n) is 11.9. The summed E-state index contributed by atoms with van der Waals surface area (Å²) in [6, 6.07) is -0.223. The molecular weight excluding hydrogens is 650 g/mol. The van der Waals surface area contributed by atoms with Gasteiger partial charge < -0.3 is 58.5 Å². The molecule has 2 bridgehead atoms. The van der Waals surface area contributed by atoms with Gasteiger partial charge in [-0.25, -0.2) is 0 Å². The summed E-state index contributed by atoms with van der Waals surface area (Å²) in [7, 11) is 5.35. The first-order valence-electron chi connectivity index (χ1n) is 18.3. The number of carbonyl (C=O) groups is 1. The molecule has 4 rings (SSSR count). The van der Waals surface area contributed by atoms with Crippen LogP contribution in [0.4, 0.5) is 0 Å². The first kappa shape index (κ1) is 41.4. The summed E-state index contributed by atoms with van der Waals surface area (Å²) in [5.74, 6) is -2.26. The predicted molar refractivity (Wildman–Crippen MR) is 184 cm³/mol. The highest BCUT2D eigenvalue weighted by Crippen LogP contribution is 2.48. The second-order valence-corrected chi connectivity index (χ2v) is 16.3. The molecule has 290 valence electrons. The smallest absolute Gasteiger partial charge is 0.311 e. The summed E-state index contributed by atoms with van der Waals surface area (Å²) in [6.07, 6.45) is -7.24. The Balaban J connectivity index is 1.83. The highest BCUT2D eigenvalue weighted by molar-refractivity contribution is 5.73. The molecule has 0 saturated carbocycles. The number of aliphatic hydroxyl groups excluding tert-OH is 3. The van der Waals surface area contributed by atoms with Crippen LogP contribution >= 0.6 is 0 Å². The second kappa shape index (κ2) is 15.5. The normalized spacial score (nSPS) is 46.5. The Morgan fingerprint density at radius 1 is 1.06 bits per heavy atom. The Bertz CT molecular complexity index is 1210. The zero-order chi connectivity index (χ0) is 37.7. The molecule has 3 saturated heterocycles. The molecule has 13 heteroatoms. The van der Waals surface area contributed by atoms with E-state index in [2.05, 4.69) is 0 Å². The number of hydrogen-bond acceptors (Lipinski definition) is 13. The summed E-state index contributed by atoms with van der Waals surface area (Å²) in [5.41, 5.74) is -2.95. The van der Waals surface area contributed by atoms with Gasteiger partial charge in [-0.1, -0.05) is 20.8 Å². The number of likely N-dealkylation sites (N-methyl/N-ethyl adjacent to an activating group) is 1. The number of hydrogen-bond donors (Lipinski definition) is 4. The topological polar surface area (TPSA) is 166 Å². The van der Waals surface area contributed by atoms with Crippen molar-refractivity contribution in [1.29, 1.82) is 0 Å². The van der Waals surface area contributed by atoms with Crippen LogP contribution in [0.3, 0.4) is 0 Å². The van der Waals surface area contributed by atoms with E-state index in [-0.39, 0.29) is 25.0 Å². The number of nitrogens with zero attached hydrogens (tertiary/aromatic N) is 1. The van der Waals surface area contributed by atoms with E-state index in [1.807, 2.05) is 53.6 Å². The first-order valence-corrected chi connectivity index (χ1v) is 18.3. The van der Waals surface area contributed by atoms with Gasteiger partial charge in [0.25, 0.3) is 0 Å². The zero-order valence-corrected chi connectivity index (χ0v) is 32.4. The van der Waals surface area contributed by atoms with Crippen molar-refractivity contribution < 1.29 is 58.4 Å². The average molecular weight is 716 g/mol. The highest BCUT2D eigenvalue weighted by atomic mass is 16.7. The van der Waals surface area contributed by atoms with Crippen LogP contribution in [0.15, 0.2) is 11.3 Å². The Morgan fingerprint density at radius 2 is 1.70 bits per heavy atom. The lowest BCUT2D eigenvalue weighted by atomic mass is 9.78. The Hall–Kier alpha value is -1.39. The number of aliphatic hydroxyl groups is 4. The van der Waals surface area contributed by atoms with E-state index in [0.29, 0.717) is 18.6 Å². The lowest BCUT2D eigenvalue weighted by Gasteiger charge is -2.48. The molecule has 4 aliphatic rings. The summed E-state index contributed by atoms with van der Waals surface area (Å²) in [5, 5.41) is 45.2. The molecule has 4 aliphatic heterocycles. The summed E-state index contributed by atoms with van der Waals surface area (Å²) in [6.45, 7) is 18.0. The minimum absolute atomic E-state index is 0.174.